The zero-order chi connectivity index (χ0) is 15.5. The van der Waals surface area contributed by atoms with Gasteiger partial charge in [0.15, 0.2) is 17.3 Å². The highest BCUT2D eigenvalue weighted by atomic mass is 16.5. The molecule has 0 radical (unpaired) electrons. The van der Waals surface area contributed by atoms with E-state index in [2.05, 4.69) is 22.4 Å². The summed E-state index contributed by atoms with van der Waals surface area (Å²) in [5.74, 6) is 2.67. The van der Waals surface area contributed by atoms with Gasteiger partial charge in [-0.1, -0.05) is 17.3 Å². The summed E-state index contributed by atoms with van der Waals surface area (Å²) in [6.45, 7) is 2.46. The summed E-state index contributed by atoms with van der Waals surface area (Å²) in [5.41, 5.74) is 1.82. The van der Waals surface area contributed by atoms with Gasteiger partial charge in [-0.3, -0.25) is 0 Å². The highest BCUT2D eigenvalue weighted by Crippen LogP contribution is 2.37. The Bertz CT molecular complexity index is 694. The molecule has 1 unspecified atom stereocenters. The van der Waals surface area contributed by atoms with Crippen molar-refractivity contribution in [1.29, 1.82) is 0 Å². The lowest BCUT2D eigenvalue weighted by Crippen LogP contribution is -2.24. The van der Waals surface area contributed by atoms with Crippen molar-refractivity contribution >= 4 is 11.6 Å². The van der Waals surface area contributed by atoms with Gasteiger partial charge in [0.25, 0.3) is 5.89 Å². The molecule has 0 spiro atoms. The van der Waals surface area contributed by atoms with Gasteiger partial charge in [0.1, 0.15) is 6.61 Å². The molecule has 1 aromatic carbocycles. The molecule has 0 fully saturated rings. The van der Waals surface area contributed by atoms with Crippen LogP contribution in [0.2, 0.25) is 0 Å². The van der Waals surface area contributed by atoms with Crippen LogP contribution in [-0.2, 0) is 6.42 Å². The van der Waals surface area contributed by atoms with Gasteiger partial charge in [-0.25, -0.2) is 0 Å². The lowest BCUT2D eigenvalue weighted by molar-refractivity contribution is 0.321. The largest absolute Gasteiger partial charge is 0.493 e. The van der Waals surface area contributed by atoms with Crippen molar-refractivity contribution in [3.63, 3.8) is 0 Å². The molecule has 0 aliphatic carbocycles. The molecule has 0 saturated carbocycles. The maximum atomic E-state index is 5.79. The number of nitrogens with zero attached hydrogens (tertiary/aromatic N) is 2. The Balaban J connectivity index is 1.85. The SMILES string of the molecule is CNC(C)Cc1noc(C2=Cc3cccc(OC)c3OC2)n1. The van der Waals surface area contributed by atoms with Gasteiger partial charge in [-0.2, -0.15) is 4.98 Å². The lowest BCUT2D eigenvalue weighted by atomic mass is 10.1. The van der Waals surface area contributed by atoms with E-state index < -0.39 is 0 Å². The normalized spacial score (nSPS) is 14.8. The van der Waals surface area contributed by atoms with Crippen LogP contribution in [0.1, 0.15) is 24.2 Å². The molecule has 1 aliphatic heterocycles. The highest BCUT2D eigenvalue weighted by molar-refractivity contribution is 5.83. The summed E-state index contributed by atoms with van der Waals surface area (Å²) in [4.78, 5) is 4.44. The molecule has 2 heterocycles. The third kappa shape index (κ3) is 2.82. The minimum atomic E-state index is 0.298. The van der Waals surface area contributed by atoms with E-state index in [1.165, 1.54) is 0 Å². The van der Waals surface area contributed by atoms with Crippen molar-refractivity contribution < 1.29 is 14.0 Å². The fraction of sp³-hybridized carbons (Fsp3) is 0.375. The van der Waals surface area contributed by atoms with Gasteiger partial charge < -0.3 is 19.3 Å². The Morgan fingerprint density at radius 1 is 1.41 bits per heavy atom. The van der Waals surface area contributed by atoms with Crippen molar-refractivity contribution in [1.82, 2.24) is 15.5 Å². The molecule has 1 atom stereocenters. The second-order valence-electron chi connectivity index (χ2n) is 5.25. The lowest BCUT2D eigenvalue weighted by Gasteiger charge is -2.18. The maximum Gasteiger partial charge on any atom is 0.257 e. The molecule has 6 heteroatoms. The van der Waals surface area contributed by atoms with Gasteiger partial charge in [-0.05, 0) is 26.1 Å². The fourth-order valence-electron chi connectivity index (χ4n) is 2.31. The summed E-state index contributed by atoms with van der Waals surface area (Å²) in [5, 5.41) is 7.17. The number of hydrogen-bond donors (Lipinski definition) is 1. The Hall–Kier alpha value is -2.34. The molecular formula is C16H19N3O3. The first-order chi connectivity index (χ1) is 10.7. The highest BCUT2D eigenvalue weighted by Gasteiger charge is 2.20. The van der Waals surface area contributed by atoms with E-state index in [1.54, 1.807) is 7.11 Å². The van der Waals surface area contributed by atoms with Crippen LogP contribution in [0.5, 0.6) is 11.5 Å². The molecule has 6 nitrogen and oxygen atoms in total. The average molecular weight is 301 g/mol. The maximum absolute atomic E-state index is 5.79. The molecule has 1 aliphatic rings. The first-order valence-electron chi connectivity index (χ1n) is 7.22. The van der Waals surface area contributed by atoms with E-state index in [1.807, 2.05) is 31.3 Å². The van der Waals surface area contributed by atoms with Crippen molar-refractivity contribution in [2.45, 2.75) is 19.4 Å². The smallest absolute Gasteiger partial charge is 0.257 e. The van der Waals surface area contributed by atoms with E-state index in [0.717, 1.165) is 29.1 Å². The second-order valence-corrected chi connectivity index (χ2v) is 5.25. The van der Waals surface area contributed by atoms with E-state index in [-0.39, 0.29) is 0 Å². The number of aromatic nitrogens is 2. The van der Waals surface area contributed by atoms with Crippen LogP contribution in [0.4, 0.5) is 0 Å². The Labute approximate surface area is 129 Å². The van der Waals surface area contributed by atoms with Crippen LogP contribution < -0.4 is 14.8 Å². The van der Waals surface area contributed by atoms with Crippen molar-refractivity contribution in [3.8, 4) is 11.5 Å². The van der Waals surface area contributed by atoms with E-state index in [0.29, 0.717) is 24.4 Å². The molecule has 22 heavy (non-hydrogen) atoms. The molecule has 0 amide bonds. The Morgan fingerprint density at radius 3 is 3.05 bits per heavy atom. The van der Waals surface area contributed by atoms with Gasteiger partial charge in [0.05, 0.1) is 12.7 Å². The predicted octanol–water partition coefficient (Wildman–Crippen LogP) is 2.16. The minimum absolute atomic E-state index is 0.298. The summed E-state index contributed by atoms with van der Waals surface area (Å²) in [6, 6.07) is 6.07. The summed E-state index contributed by atoms with van der Waals surface area (Å²) >= 11 is 0. The molecule has 1 N–H and O–H groups in total. The number of ether oxygens (including phenoxy) is 2. The van der Waals surface area contributed by atoms with Crippen LogP contribution in [0.15, 0.2) is 22.7 Å². The number of rotatable bonds is 5. The number of methoxy groups -OCH3 is 1. The summed E-state index contributed by atoms with van der Waals surface area (Å²) < 4.78 is 16.4. The molecule has 2 aromatic rings. The molecule has 3 rings (SSSR count). The Morgan fingerprint density at radius 2 is 2.27 bits per heavy atom. The van der Waals surface area contributed by atoms with Crippen molar-refractivity contribution in [2.75, 3.05) is 20.8 Å². The van der Waals surface area contributed by atoms with E-state index in [9.17, 15) is 0 Å². The van der Waals surface area contributed by atoms with Crippen molar-refractivity contribution in [2.24, 2.45) is 0 Å². The first kappa shape index (κ1) is 14.6. The monoisotopic (exact) mass is 301 g/mol. The third-order valence-corrected chi connectivity index (χ3v) is 3.66. The van der Waals surface area contributed by atoms with Crippen LogP contribution in [0, 0.1) is 0 Å². The van der Waals surface area contributed by atoms with Gasteiger partial charge >= 0.3 is 0 Å². The second kappa shape index (κ2) is 6.19. The van der Waals surface area contributed by atoms with Crippen LogP contribution in [-0.4, -0.2) is 36.9 Å². The summed E-state index contributed by atoms with van der Waals surface area (Å²) in [6.07, 6.45) is 2.72. The van der Waals surface area contributed by atoms with Gasteiger partial charge in [0, 0.05) is 18.0 Å². The van der Waals surface area contributed by atoms with Gasteiger partial charge in [-0.15, -0.1) is 0 Å². The number of para-hydroxylation sites is 1. The number of likely N-dealkylation sites (N-methyl/N-ethyl adjacent to an activating group) is 1. The molecular weight excluding hydrogens is 282 g/mol. The predicted molar refractivity (Wildman–Crippen MR) is 82.9 cm³/mol. The standard InChI is InChI=1S/C16H19N3O3/c1-10(17-2)7-14-18-16(22-19-14)12-8-11-5-4-6-13(20-3)15(11)21-9-12/h4-6,8,10,17H,7,9H2,1-3H3. The van der Waals surface area contributed by atoms with E-state index in [4.69, 9.17) is 14.0 Å². The Kier molecular flexibility index (Phi) is 4.11. The molecule has 0 bridgehead atoms. The van der Waals surface area contributed by atoms with Crippen LogP contribution in [0.25, 0.3) is 11.6 Å². The molecule has 1 aromatic heterocycles. The number of fused-ring (bicyclic) bond motifs is 1. The molecule has 116 valence electrons. The van der Waals surface area contributed by atoms with E-state index >= 15 is 0 Å². The van der Waals surface area contributed by atoms with Gasteiger partial charge in [0.2, 0.25) is 0 Å². The average Bonchev–Trinajstić information content (AvgIpc) is 3.02. The zero-order valence-electron chi connectivity index (χ0n) is 12.9. The number of nitrogens with one attached hydrogen (secondary N) is 1. The molecule has 0 saturated heterocycles. The van der Waals surface area contributed by atoms with Crippen molar-refractivity contribution in [3.05, 3.63) is 35.5 Å². The summed E-state index contributed by atoms with van der Waals surface area (Å²) in [7, 11) is 3.54. The fourth-order valence-corrected chi connectivity index (χ4v) is 2.31. The number of hydrogen-bond acceptors (Lipinski definition) is 6. The number of benzene rings is 1. The first-order valence-corrected chi connectivity index (χ1v) is 7.22. The quantitative estimate of drug-likeness (QED) is 0.912. The minimum Gasteiger partial charge on any atom is -0.493 e. The zero-order valence-corrected chi connectivity index (χ0v) is 12.9. The topological polar surface area (TPSA) is 69.4 Å². The van der Waals surface area contributed by atoms with Crippen LogP contribution >= 0.6 is 0 Å². The van der Waals surface area contributed by atoms with Crippen LogP contribution in [0.3, 0.4) is 0 Å². The third-order valence-electron chi connectivity index (χ3n) is 3.66.